The van der Waals surface area contributed by atoms with Crippen LogP contribution in [0.3, 0.4) is 0 Å². The highest BCUT2D eigenvalue weighted by molar-refractivity contribution is 5.98. The number of fused-ring (bicyclic) bond motifs is 2. The largest absolute Gasteiger partial charge is 0.494 e. The molecule has 0 bridgehead atoms. The van der Waals surface area contributed by atoms with Gasteiger partial charge in [-0.05, 0) is 30.5 Å². The van der Waals surface area contributed by atoms with Gasteiger partial charge in [0, 0.05) is 47.8 Å². The van der Waals surface area contributed by atoms with Crippen molar-refractivity contribution in [3.05, 3.63) is 48.8 Å². The lowest BCUT2D eigenvalue weighted by Gasteiger charge is -2.59. The fourth-order valence-corrected chi connectivity index (χ4v) is 5.01. The van der Waals surface area contributed by atoms with Crippen LogP contribution in [0.15, 0.2) is 43.0 Å². The van der Waals surface area contributed by atoms with Crippen molar-refractivity contribution in [2.45, 2.75) is 18.9 Å². The van der Waals surface area contributed by atoms with E-state index in [-0.39, 0.29) is 5.75 Å². The number of pyridine rings is 1. The molecule has 30 heavy (non-hydrogen) atoms. The lowest BCUT2D eigenvalue weighted by atomic mass is 9.61. The summed E-state index contributed by atoms with van der Waals surface area (Å²) in [6.07, 6.45) is 9.61. The van der Waals surface area contributed by atoms with Gasteiger partial charge in [-0.2, -0.15) is 5.10 Å². The number of hydrogen-bond donors (Lipinski definition) is 1. The van der Waals surface area contributed by atoms with Crippen molar-refractivity contribution in [1.82, 2.24) is 19.6 Å². The molecule has 1 saturated heterocycles. The zero-order chi connectivity index (χ0) is 20.5. The molecular formula is C22H21FN6O. The van der Waals surface area contributed by atoms with Crippen LogP contribution < -0.4 is 15.4 Å². The minimum Gasteiger partial charge on any atom is -0.494 e. The number of benzene rings is 1. The van der Waals surface area contributed by atoms with Gasteiger partial charge in [0.05, 0.1) is 36.9 Å². The van der Waals surface area contributed by atoms with Gasteiger partial charge < -0.3 is 15.4 Å². The van der Waals surface area contributed by atoms with E-state index in [9.17, 15) is 4.39 Å². The van der Waals surface area contributed by atoms with E-state index in [1.165, 1.54) is 13.2 Å². The first kappa shape index (κ1) is 17.6. The standard InChI is InChI=1S/C22H21FN6O/c1-30-20-4-16-15(2-3-25-19(16)5-18(20)23)17-9-27-29-10-14(8-26-21(17)29)28-11-22(12-28)6-13(24)7-22/h2-5,8-10,13H,6-7,11-12,24H2,1H3. The van der Waals surface area contributed by atoms with Gasteiger partial charge in [0.1, 0.15) is 0 Å². The number of rotatable bonds is 3. The molecule has 152 valence electrons. The molecule has 8 heteroatoms. The molecule has 1 aliphatic carbocycles. The summed E-state index contributed by atoms with van der Waals surface area (Å²) in [5.41, 5.74) is 10.5. The fraction of sp³-hybridized carbons (Fsp3) is 0.318. The molecule has 6 rings (SSSR count). The second-order valence-corrected chi connectivity index (χ2v) is 8.53. The molecule has 0 atom stereocenters. The van der Waals surface area contributed by atoms with Crippen LogP contribution in [-0.2, 0) is 0 Å². The second kappa shape index (κ2) is 6.12. The molecule has 2 N–H and O–H groups in total. The molecule has 1 saturated carbocycles. The topological polar surface area (TPSA) is 81.6 Å². The molecular weight excluding hydrogens is 383 g/mol. The third-order valence-electron chi connectivity index (χ3n) is 6.46. The molecule has 3 aromatic heterocycles. The molecule has 4 heterocycles. The number of aromatic nitrogens is 4. The van der Waals surface area contributed by atoms with Crippen molar-refractivity contribution >= 4 is 22.2 Å². The van der Waals surface area contributed by atoms with E-state index in [1.54, 1.807) is 23.0 Å². The van der Waals surface area contributed by atoms with Crippen molar-refractivity contribution in [3.63, 3.8) is 0 Å². The Morgan fingerprint density at radius 2 is 2.00 bits per heavy atom. The molecule has 0 amide bonds. The summed E-state index contributed by atoms with van der Waals surface area (Å²) in [4.78, 5) is 11.3. The molecule has 0 radical (unpaired) electrons. The third kappa shape index (κ3) is 2.50. The van der Waals surface area contributed by atoms with Gasteiger partial charge >= 0.3 is 0 Å². The average Bonchev–Trinajstić information content (AvgIpc) is 3.11. The maximum atomic E-state index is 14.1. The maximum Gasteiger partial charge on any atom is 0.167 e. The summed E-state index contributed by atoms with van der Waals surface area (Å²) >= 11 is 0. The number of nitrogens with two attached hydrogens (primary N) is 1. The summed E-state index contributed by atoms with van der Waals surface area (Å²) in [6, 6.07) is 5.32. The van der Waals surface area contributed by atoms with Gasteiger partial charge in [0.15, 0.2) is 17.2 Å². The zero-order valence-corrected chi connectivity index (χ0v) is 16.5. The van der Waals surface area contributed by atoms with Crippen LogP contribution >= 0.6 is 0 Å². The summed E-state index contributed by atoms with van der Waals surface area (Å²) in [7, 11) is 1.45. The minimum absolute atomic E-state index is 0.186. The average molecular weight is 404 g/mol. The summed E-state index contributed by atoms with van der Waals surface area (Å²) in [5, 5.41) is 5.32. The van der Waals surface area contributed by atoms with Gasteiger partial charge in [-0.3, -0.25) is 4.98 Å². The van der Waals surface area contributed by atoms with Crippen LogP contribution in [0.25, 0.3) is 27.7 Å². The van der Waals surface area contributed by atoms with E-state index in [2.05, 4.69) is 15.0 Å². The highest BCUT2D eigenvalue weighted by Crippen LogP contribution is 2.48. The van der Waals surface area contributed by atoms with E-state index in [1.807, 2.05) is 18.5 Å². The van der Waals surface area contributed by atoms with Gasteiger partial charge in [-0.25, -0.2) is 13.9 Å². The first-order valence-electron chi connectivity index (χ1n) is 10.0. The summed E-state index contributed by atoms with van der Waals surface area (Å²) < 4.78 is 21.1. The second-order valence-electron chi connectivity index (χ2n) is 8.53. The van der Waals surface area contributed by atoms with Gasteiger partial charge in [0.25, 0.3) is 0 Å². The Balaban J connectivity index is 1.38. The SMILES string of the molecule is COc1cc2c(-c3cnn4cc(N5CC6(CC(N)C6)C5)cnc34)ccnc2cc1F. The van der Waals surface area contributed by atoms with Gasteiger partial charge in [-0.1, -0.05) is 0 Å². The number of hydrogen-bond acceptors (Lipinski definition) is 6. The number of methoxy groups -OCH3 is 1. The summed E-state index contributed by atoms with van der Waals surface area (Å²) in [5.74, 6) is -0.247. The smallest absolute Gasteiger partial charge is 0.167 e. The Kier molecular flexibility index (Phi) is 3.59. The Labute approximate surface area is 172 Å². The van der Waals surface area contributed by atoms with E-state index in [4.69, 9.17) is 15.5 Å². The molecule has 0 unspecified atom stereocenters. The first-order chi connectivity index (χ1) is 14.5. The first-order valence-corrected chi connectivity index (χ1v) is 10.0. The normalized spacial score (nSPS) is 18.0. The van der Waals surface area contributed by atoms with Crippen LogP contribution in [0, 0.1) is 11.2 Å². The minimum atomic E-state index is -0.433. The monoisotopic (exact) mass is 404 g/mol. The van der Waals surface area contributed by atoms with E-state index < -0.39 is 5.82 Å². The molecule has 1 aromatic carbocycles. The number of anilines is 1. The molecule has 1 aliphatic heterocycles. The highest BCUT2D eigenvalue weighted by Gasteiger charge is 2.51. The third-order valence-corrected chi connectivity index (χ3v) is 6.46. The quantitative estimate of drug-likeness (QED) is 0.565. The van der Waals surface area contributed by atoms with Crippen LogP contribution in [0.4, 0.5) is 10.1 Å². The molecule has 2 fully saturated rings. The van der Waals surface area contributed by atoms with Crippen LogP contribution in [-0.4, -0.2) is 45.8 Å². The number of ether oxygens (including phenoxy) is 1. The zero-order valence-electron chi connectivity index (χ0n) is 16.5. The lowest BCUT2D eigenvalue weighted by Crippen LogP contribution is -2.65. The van der Waals surface area contributed by atoms with Crippen molar-refractivity contribution in [3.8, 4) is 16.9 Å². The van der Waals surface area contributed by atoms with Gasteiger partial charge in [0.2, 0.25) is 0 Å². The van der Waals surface area contributed by atoms with E-state index >= 15 is 0 Å². The van der Waals surface area contributed by atoms with Crippen molar-refractivity contribution in [1.29, 1.82) is 0 Å². The van der Waals surface area contributed by atoms with Crippen LogP contribution in [0.1, 0.15) is 12.8 Å². The Morgan fingerprint density at radius 1 is 1.17 bits per heavy atom. The maximum absolute atomic E-state index is 14.1. The summed E-state index contributed by atoms with van der Waals surface area (Å²) in [6.45, 7) is 2.06. The predicted molar refractivity (Wildman–Crippen MR) is 112 cm³/mol. The van der Waals surface area contributed by atoms with Crippen LogP contribution in [0.5, 0.6) is 5.75 Å². The van der Waals surface area contributed by atoms with Crippen molar-refractivity contribution in [2.75, 3.05) is 25.1 Å². The van der Waals surface area contributed by atoms with E-state index in [0.29, 0.717) is 17.0 Å². The molecule has 4 aromatic rings. The van der Waals surface area contributed by atoms with Gasteiger partial charge in [-0.15, -0.1) is 0 Å². The highest BCUT2D eigenvalue weighted by atomic mass is 19.1. The van der Waals surface area contributed by atoms with Crippen molar-refractivity contribution < 1.29 is 9.13 Å². The predicted octanol–water partition coefficient (Wildman–Crippen LogP) is 3.02. The van der Waals surface area contributed by atoms with Crippen LogP contribution in [0.2, 0.25) is 0 Å². The number of halogens is 1. The molecule has 7 nitrogen and oxygen atoms in total. The Bertz CT molecular complexity index is 1290. The Morgan fingerprint density at radius 3 is 2.77 bits per heavy atom. The Hall–Kier alpha value is -3.26. The number of nitrogens with zero attached hydrogens (tertiary/aromatic N) is 5. The molecule has 2 aliphatic rings. The van der Waals surface area contributed by atoms with E-state index in [0.717, 1.165) is 53.8 Å². The fourth-order valence-electron chi connectivity index (χ4n) is 5.01. The van der Waals surface area contributed by atoms with Crippen molar-refractivity contribution in [2.24, 2.45) is 11.1 Å². The molecule has 1 spiro atoms. The lowest BCUT2D eigenvalue weighted by molar-refractivity contribution is 0.0664.